The van der Waals surface area contributed by atoms with Crippen molar-refractivity contribution in [1.82, 2.24) is 4.90 Å². The van der Waals surface area contributed by atoms with Gasteiger partial charge >= 0.3 is 0 Å². The lowest BCUT2D eigenvalue weighted by atomic mass is 10.1. The zero-order chi connectivity index (χ0) is 13.0. The number of nitro groups is 1. The Balaban J connectivity index is 1.96. The molecule has 0 atom stereocenters. The smallest absolute Gasteiger partial charge is 0.295 e. The molecular formula is C13H19N3O2. The zero-order valence-corrected chi connectivity index (χ0v) is 10.7. The molecule has 1 aliphatic heterocycles. The van der Waals surface area contributed by atoms with Crippen molar-refractivity contribution in [2.75, 3.05) is 31.5 Å². The lowest BCUT2D eigenvalue weighted by molar-refractivity contribution is -0.384. The van der Waals surface area contributed by atoms with Crippen LogP contribution in [0.15, 0.2) is 18.2 Å². The van der Waals surface area contributed by atoms with Crippen molar-refractivity contribution < 1.29 is 4.92 Å². The van der Waals surface area contributed by atoms with Crippen LogP contribution in [0.25, 0.3) is 0 Å². The van der Waals surface area contributed by atoms with Crippen LogP contribution in [-0.4, -0.2) is 36.0 Å². The van der Waals surface area contributed by atoms with Gasteiger partial charge in [0.2, 0.25) is 0 Å². The molecule has 0 saturated carbocycles. The van der Waals surface area contributed by atoms with E-state index < -0.39 is 0 Å². The van der Waals surface area contributed by atoms with Crippen LogP contribution in [0.5, 0.6) is 0 Å². The Bertz CT molecular complexity index is 428. The summed E-state index contributed by atoms with van der Waals surface area (Å²) in [6.45, 7) is 5.77. The number of rotatable bonds is 5. The number of anilines is 1. The standard InChI is InChI=1S/C13H19N3O2/c1-11-5-4-6-12(13(11)16(17)18)14-7-10-15-8-2-3-9-15/h4-6,14H,2-3,7-10H2,1H3. The van der Waals surface area contributed by atoms with Gasteiger partial charge in [-0.3, -0.25) is 10.1 Å². The van der Waals surface area contributed by atoms with Crippen molar-refractivity contribution in [3.8, 4) is 0 Å². The lowest BCUT2D eigenvalue weighted by Gasteiger charge is -2.15. The molecule has 5 heteroatoms. The van der Waals surface area contributed by atoms with Gasteiger partial charge in [0.25, 0.3) is 5.69 Å². The minimum Gasteiger partial charge on any atom is -0.378 e. The van der Waals surface area contributed by atoms with E-state index in [1.807, 2.05) is 6.07 Å². The number of nitrogens with one attached hydrogen (secondary N) is 1. The Morgan fingerprint density at radius 1 is 1.39 bits per heavy atom. The van der Waals surface area contributed by atoms with Gasteiger partial charge in [0, 0.05) is 18.7 Å². The van der Waals surface area contributed by atoms with E-state index in [-0.39, 0.29) is 10.6 Å². The first-order chi connectivity index (χ1) is 8.68. The fourth-order valence-electron chi connectivity index (χ4n) is 2.40. The Hall–Kier alpha value is -1.62. The van der Waals surface area contributed by atoms with Crippen LogP contribution in [-0.2, 0) is 0 Å². The van der Waals surface area contributed by atoms with E-state index in [0.717, 1.165) is 26.2 Å². The number of hydrogen-bond donors (Lipinski definition) is 1. The highest BCUT2D eigenvalue weighted by atomic mass is 16.6. The molecule has 0 spiro atoms. The van der Waals surface area contributed by atoms with Crippen LogP contribution in [0.4, 0.5) is 11.4 Å². The molecule has 0 bridgehead atoms. The van der Waals surface area contributed by atoms with Crippen LogP contribution in [0.1, 0.15) is 18.4 Å². The third-order valence-electron chi connectivity index (χ3n) is 3.36. The minimum absolute atomic E-state index is 0.193. The molecule has 0 aromatic heterocycles. The quantitative estimate of drug-likeness (QED) is 0.643. The number of aryl methyl sites for hydroxylation is 1. The summed E-state index contributed by atoms with van der Waals surface area (Å²) in [5, 5.41) is 14.2. The van der Waals surface area contributed by atoms with Gasteiger partial charge in [-0.2, -0.15) is 0 Å². The fourth-order valence-corrected chi connectivity index (χ4v) is 2.40. The Morgan fingerprint density at radius 2 is 2.11 bits per heavy atom. The van der Waals surface area contributed by atoms with Crippen molar-refractivity contribution in [3.05, 3.63) is 33.9 Å². The SMILES string of the molecule is Cc1cccc(NCCN2CCCC2)c1[N+](=O)[O-]. The molecule has 1 aromatic carbocycles. The first-order valence-corrected chi connectivity index (χ1v) is 6.39. The first kappa shape index (κ1) is 12.8. The molecule has 1 aromatic rings. The van der Waals surface area contributed by atoms with Gasteiger partial charge in [0.1, 0.15) is 5.69 Å². The predicted octanol–water partition coefficient (Wildman–Crippen LogP) is 2.41. The molecule has 0 unspecified atom stereocenters. The molecule has 0 aliphatic carbocycles. The van der Waals surface area contributed by atoms with Gasteiger partial charge in [-0.25, -0.2) is 0 Å². The highest BCUT2D eigenvalue weighted by Crippen LogP contribution is 2.27. The monoisotopic (exact) mass is 249 g/mol. The molecule has 1 fully saturated rings. The van der Waals surface area contributed by atoms with Crippen molar-refractivity contribution in [2.45, 2.75) is 19.8 Å². The summed E-state index contributed by atoms with van der Waals surface area (Å²) < 4.78 is 0. The fraction of sp³-hybridized carbons (Fsp3) is 0.538. The van der Waals surface area contributed by atoms with Crippen LogP contribution in [0.3, 0.4) is 0 Å². The largest absolute Gasteiger partial charge is 0.378 e. The molecule has 1 aliphatic rings. The molecule has 5 nitrogen and oxygen atoms in total. The molecular weight excluding hydrogens is 230 g/mol. The number of hydrogen-bond acceptors (Lipinski definition) is 4. The highest BCUT2D eigenvalue weighted by molar-refractivity contribution is 5.64. The van der Waals surface area contributed by atoms with Crippen LogP contribution >= 0.6 is 0 Å². The van der Waals surface area contributed by atoms with E-state index in [9.17, 15) is 10.1 Å². The van der Waals surface area contributed by atoms with E-state index in [0.29, 0.717) is 11.3 Å². The topological polar surface area (TPSA) is 58.4 Å². The second-order valence-corrected chi connectivity index (χ2v) is 4.70. The summed E-state index contributed by atoms with van der Waals surface area (Å²) in [6.07, 6.45) is 2.54. The molecule has 1 saturated heterocycles. The van der Waals surface area contributed by atoms with Crippen molar-refractivity contribution in [1.29, 1.82) is 0 Å². The van der Waals surface area contributed by atoms with Crippen LogP contribution < -0.4 is 5.32 Å². The normalized spacial score (nSPS) is 15.8. The Labute approximate surface area is 107 Å². The Morgan fingerprint density at radius 3 is 2.78 bits per heavy atom. The average Bonchev–Trinajstić information content (AvgIpc) is 2.81. The summed E-state index contributed by atoms with van der Waals surface area (Å²) in [5.41, 5.74) is 1.52. The molecule has 18 heavy (non-hydrogen) atoms. The number of para-hydroxylation sites is 1. The summed E-state index contributed by atoms with van der Waals surface area (Å²) >= 11 is 0. The van der Waals surface area contributed by atoms with Gasteiger partial charge in [-0.05, 0) is 38.9 Å². The highest BCUT2D eigenvalue weighted by Gasteiger charge is 2.17. The Kier molecular flexibility index (Phi) is 4.15. The second kappa shape index (κ2) is 5.82. The van der Waals surface area contributed by atoms with E-state index in [1.165, 1.54) is 12.8 Å². The van der Waals surface area contributed by atoms with Crippen molar-refractivity contribution in [3.63, 3.8) is 0 Å². The van der Waals surface area contributed by atoms with E-state index >= 15 is 0 Å². The number of nitrogens with zero attached hydrogens (tertiary/aromatic N) is 2. The third kappa shape index (κ3) is 2.98. The maximum Gasteiger partial charge on any atom is 0.295 e. The summed E-state index contributed by atoms with van der Waals surface area (Å²) in [7, 11) is 0. The third-order valence-corrected chi connectivity index (χ3v) is 3.36. The number of benzene rings is 1. The van der Waals surface area contributed by atoms with Gasteiger partial charge in [-0.1, -0.05) is 12.1 Å². The molecule has 1 N–H and O–H groups in total. The van der Waals surface area contributed by atoms with Gasteiger partial charge < -0.3 is 10.2 Å². The first-order valence-electron chi connectivity index (χ1n) is 6.39. The minimum atomic E-state index is -0.312. The van der Waals surface area contributed by atoms with Crippen molar-refractivity contribution in [2.24, 2.45) is 0 Å². The number of likely N-dealkylation sites (tertiary alicyclic amines) is 1. The number of nitro benzene ring substituents is 1. The molecule has 98 valence electrons. The van der Waals surface area contributed by atoms with Gasteiger partial charge in [0.15, 0.2) is 0 Å². The average molecular weight is 249 g/mol. The van der Waals surface area contributed by atoms with E-state index in [1.54, 1.807) is 19.1 Å². The van der Waals surface area contributed by atoms with Crippen molar-refractivity contribution >= 4 is 11.4 Å². The van der Waals surface area contributed by atoms with Crippen LogP contribution in [0, 0.1) is 17.0 Å². The van der Waals surface area contributed by atoms with Crippen LogP contribution in [0.2, 0.25) is 0 Å². The van der Waals surface area contributed by atoms with E-state index in [2.05, 4.69) is 10.2 Å². The van der Waals surface area contributed by atoms with E-state index in [4.69, 9.17) is 0 Å². The van der Waals surface area contributed by atoms with Gasteiger partial charge in [-0.15, -0.1) is 0 Å². The maximum atomic E-state index is 11.0. The molecule has 1 heterocycles. The summed E-state index contributed by atoms with van der Waals surface area (Å²) in [5.74, 6) is 0. The van der Waals surface area contributed by atoms with Gasteiger partial charge in [0.05, 0.1) is 4.92 Å². The summed E-state index contributed by atoms with van der Waals surface area (Å²) in [6, 6.07) is 5.39. The molecule has 0 radical (unpaired) electrons. The molecule has 2 rings (SSSR count). The molecule has 0 amide bonds. The maximum absolute atomic E-state index is 11.0. The summed E-state index contributed by atoms with van der Waals surface area (Å²) in [4.78, 5) is 13.1. The predicted molar refractivity (Wildman–Crippen MR) is 72.0 cm³/mol. The lowest BCUT2D eigenvalue weighted by Crippen LogP contribution is -2.26. The zero-order valence-electron chi connectivity index (χ0n) is 10.7. The second-order valence-electron chi connectivity index (χ2n) is 4.70.